The molecule has 0 bridgehead atoms. The van der Waals surface area contributed by atoms with Crippen molar-refractivity contribution in [3.8, 4) is 5.75 Å². The lowest BCUT2D eigenvalue weighted by Crippen LogP contribution is -2.30. The van der Waals surface area contributed by atoms with Crippen molar-refractivity contribution in [1.82, 2.24) is 9.13 Å². The number of fused-ring (bicyclic) bond motifs is 1. The first kappa shape index (κ1) is 17.3. The van der Waals surface area contributed by atoms with E-state index in [1.165, 1.54) is 0 Å². The molecule has 0 aliphatic carbocycles. The standard InChI is InChI=1S/C20H24N2O3/c1-14(2)16-8-4-7-11-19(16)25-13-15(23)12-22-18-10-6-5-9-17(18)21(3)20(22)24/h4-11,14-15,23H,12-13H2,1-3H3/t15-/m1/s1. The van der Waals surface area contributed by atoms with Gasteiger partial charge in [0.25, 0.3) is 0 Å². The van der Waals surface area contributed by atoms with Crippen LogP contribution in [0.1, 0.15) is 25.3 Å². The van der Waals surface area contributed by atoms with Gasteiger partial charge in [0.2, 0.25) is 0 Å². The quantitative estimate of drug-likeness (QED) is 0.751. The zero-order chi connectivity index (χ0) is 18.0. The van der Waals surface area contributed by atoms with Crippen LogP contribution in [0.15, 0.2) is 53.3 Å². The molecule has 0 radical (unpaired) electrons. The van der Waals surface area contributed by atoms with Crippen molar-refractivity contribution in [1.29, 1.82) is 0 Å². The maximum Gasteiger partial charge on any atom is 0.328 e. The highest BCUT2D eigenvalue weighted by Crippen LogP contribution is 2.26. The predicted molar refractivity (Wildman–Crippen MR) is 99.2 cm³/mol. The molecule has 0 saturated heterocycles. The second-order valence-electron chi connectivity index (χ2n) is 6.60. The van der Waals surface area contributed by atoms with E-state index in [1.54, 1.807) is 16.2 Å². The number of imidazole rings is 1. The Hall–Kier alpha value is -2.53. The molecule has 5 heteroatoms. The van der Waals surface area contributed by atoms with E-state index in [1.807, 2.05) is 48.5 Å². The van der Waals surface area contributed by atoms with E-state index in [-0.39, 0.29) is 18.8 Å². The Labute approximate surface area is 147 Å². The fraction of sp³-hybridized carbons (Fsp3) is 0.350. The zero-order valence-electron chi connectivity index (χ0n) is 14.8. The van der Waals surface area contributed by atoms with Crippen LogP contribution < -0.4 is 10.4 Å². The third-order valence-electron chi connectivity index (χ3n) is 4.42. The van der Waals surface area contributed by atoms with E-state index in [4.69, 9.17) is 4.74 Å². The second-order valence-corrected chi connectivity index (χ2v) is 6.60. The van der Waals surface area contributed by atoms with Crippen LogP contribution in [-0.4, -0.2) is 27.0 Å². The summed E-state index contributed by atoms with van der Waals surface area (Å²) in [5.41, 5.74) is 2.64. The molecule has 0 amide bonds. The van der Waals surface area contributed by atoms with E-state index in [0.717, 1.165) is 22.3 Å². The van der Waals surface area contributed by atoms with Crippen molar-refractivity contribution in [3.05, 3.63) is 64.6 Å². The largest absolute Gasteiger partial charge is 0.491 e. The maximum atomic E-state index is 12.4. The summed E-state index contributed by atoms with van der Waals surface area (Å²) in [6, 6.07) is 15.4. The SMILES string of the molecule is CC(C)c1ccccc1OC[C@H](O)Cn1c(=O)n(C)c2ccccc21. The number of hydrogen-bond donors (Lipinski definition) is 1. The molecule has 0 aliphatic rings. The summed E-state index contributed by atoms with van der Waals surface area (Å²) in [7, 11) is 1.74. The van der Waals surface area contributed by atoms with Crippen LogP contribution in [0.4, 0.5) is 0 Å². The van der Waals surface area contributed by atoms with Gasteiger partial charge in [-0.05, 0) is 29.7 Å². The average molecular weight is 340 g/mol. The summed E-state index contributed by atoms with van der Waals surface area (Å²) in [5, 5.41) is 10.4. The molecule has 0 unspecified atom stereocenters. The molecule has 0 spiro atoms. The molecular weight excluding hydrogens is 316 g/mol. The Morgan fingerprint density at radius 1 is 1.04 bits per heavy atom. The molecule has 3 aromatic rings. The smallest absolute Gasteiger partial charge is 0.328 e. The van der Waals surface area contributed by atoms with Crippen molar-refractivity contribution < 1.29 is 9.84 Å². The molecule has 1 N–H and O–H groups in total. The first-order valence-corrected chi connectivity index (χ1v) is 8.53. The summed E-state index contributed by atoms with van der Waals surface area (Å²) in [4.78, 5) is 12.4. The molecule has 132 valence electrons. The van der Waals surface area contributed by atoms with Gasteiger partial charge in [-0.2, -0.15) is 0 Å². The minimum absolute atomic E-state index is 0.136. The van der Waals surface area contributed by atoms with Crippen molar-refractivity contribution in [2.45, 2.75) is 32.4 Å². The molecule has 0 saturated carbocycles. The van der Waals surface area contributed by atoms with Gasteiger partial charge in [-0.1, -0.05) is 44.2 Å². The van der Waals surface area contributed by atoms with Gasteiger partial charge in [0.15, 0.2) is 0 Å². The van der Waals surface area contributed by atoms with Gasteiger partial charge in [-0.3, -0.25) is 9.13 Å². The molecule has 5 nitrogen and oxygen atoms in total. The third-order valence-corrected chi connectivity index (χ3v) is 4.42. The molecule has 3 rings (SSSR count). The number of hydrogen-bond acceptors (Lipinski definition) is 3. The Bertz CT molecular complexity index is 924. The Balaban J connectivity index is 1.75. The van der Waals surface area contributed by atoms with Gasteiger partial charge in [-0.25, -0.2) is 4.79 Å². The van der Waals surface area contributed by atoms with Gasteiger partial charge in [0.05, 0.1) is 17.6 Å². The van der Waals surface area contributed by atoms with Gasteiger partial charge >= 0.3 is 5.69 Å². The van der Waals surface area contributed by atoms with Crippen molar-refractivity contribution in [3.63, 3.8) is 0 Å². The number of para-hydroxylation sites is 3. The molecular formula is C20H24N2O3. The first-order valence-electron chi connectivity index (χ1n) is 8.53. The third kappa shape index (κ3) is 3.46. The number of benzene rings is 2. The predicted octanol–water partition coefficient (Wildman–Crippen LogP) is 2.90. The van der Waals surface area contributed by atoms with Crippen molar-refractivity contribution in [2.75, 3.05) is 6.61 Å². The summed E-state index contributed by atoms with van der Waals surface area (Å²) >= 11 is 0. The lowest BCUT2D eigenvalue weighted by molar-refractivity contribution is 0.0919. The number of aryl methyl sites for hydroxylation is 1. The lowest BCUT2D eigenvalue weighted by Gasteiger charge is -2.17. The Morgan fingerprint density at radius 3 is 2.40 bits per heavy atom. The number of aromatic nitrogens is 2. The van der Waals surface area contributed by atoms with Crippen LogP contribution in [0.3, 0.4) is 0 Å². The monoisotopic (exact) mass is 340 g/mol. The van der Waals surface area contributed by atoms with Crippen LogP contribution >= 0.6 is 0 Å². The first-order chi connectivity index (χ1) is 12.0. The molecule has 0 aliphatic heterocycles. The minimum atomic E-state index is -0.774. The van der Waals surface area contributed by atoms with E-state index < -0.39 is 6.10 Å². The van der Waals surface area contributed by atoms with Gasteiger partial charge < -0.3 is 9.84 Å². The highest BCUT2D eigenvalue weighted by Gasteiger charge is 2.15. The van der Waals surface area contributed by atoms with E-state index in [9.17, 15) is 9.90 Å². The fourth-order valence-electron chi connectivity index (χ4n) is 3.08. The Kier molecular flexibility index (Phi) is 4.95. The number of aliphatic hydroxyl groups excluding tert-OH is 1. The molecule has 2 aromatic carbocycles. The number of aliphatic hydroxyl groups is 1. The maximum absolute atomic E-state index is 12.4. The van der Waals surface area contributed by atoms with Crippen LogP contribution in [0.5, 0.6) is 5.75 Å². The van der Waals surface area contributed by atoms with E-state index in [0.29, 0.717) is 5.92 Å². The summed E-state index contributed by atoms with van der Waals surface area (Å²) in [6.45, 7) is 4.55. The summed E-state index contributed by atoms with van der Waals surface area (Å²) in [5.74, 6) is 1.12. The number of rotatable bonds is 6. The molecule has 1 aromatic heterocycles. The van der Waals surface area contributed by atoms with E-state index >= 15 is 0 Å². The van der Waals surface area contributed by atoms with E-state index in [2.05, 4.69) is 13.8 Å². The van der Waals surface area contributed by atoms with Gasteiger partial charge in [-0.15, -0.1) is 0 Å². The Morgan fingerprint density at radius 2 is 1.68 bits per heavy atom. The molecule has 0 fully saturated rings. The lowest BCUT2D eigenvalue weighted by atomic mass is 10.0. The van der Waals surface area contributed by atoms with Crippen molar-refractivity contribution >= 4 is 11.0 Å². The number of nitrogens with zero attached hydrogens (tertiary/aromatic N) is 2. The van der Waals surface area contributed by atoms with Crippen LogP contribution in [0.2, 0.25) is 0 Å². The summed E-state index contributed by atoms with van der Waals surface area (Å²) in [6.07, 6.45) is -0.774. The average Bonchev–Trinajstić information content (AvgIpc) is 2.85. The van der Waals surface area contributed by atoms with Gasteiger partial charge in [0, 0.05) is 7.05 Å². The van der Waals surface area contributed by atoms with Gasteiger partial charge in [0.1, 0.15) is 18.5 Å². The topological polar surface area (TPSA) is 56.4 Å². The number of ether oxygens (including phenoxy) is 1. The van der Waals surface area contributed by atoms with Crippen molar-refractivity contribution in [2.24, 2.45) is 7.05 Å². The second kappa shape index (κ2) is 7.15. The minimum Gasteiger partial charge on any atom is -0.491 e. The summed E-state index contributed by atoms with van der Waals surface area (Å²) < 4.78 is 9.01. The highest BCUT2D eigenvalue weighted by molar-refractivity contribution is 5.75. The molecule has 25 heavy (non-hydrogen) atoms. The normalized spacial score (nSPS) is 12.7. The molecule has 1 atom stereocenters. The van der Waals surface area contributed by atoms with Crippen LogP contribution in [0.25, 0.3) is 11.0 Å². The van der Waals surface area contributed by atoms with Crippen LogP contribution in [-0.2, 0) is 13.6 Å². The zero-order valence-corrected chi connectivity index (χ0v) is 14.8. The van der Waals surface area contributed by atoms with Crippen LogP contribution in [0, 0.1) is 0 Å². The molecule has 1 heterocycles. The fourth-order valence-corrected chi connectivity index (χ4v) is 3.08. The highest BCUT2D eigenvalue weighted by atomic mass is 16.5.